The zero-order chi connectivity index (χ0) is 18.1. The Kier molecular flexibility index (Phi) is 4.72. The molecule has 1 aromatic heterocycles. The lowest BCUT2D eigenvalue weighted by molar-refractivity contribution is 0.242. The molecule has 2 aliphatic heterocycles. The molecule has 4 rings (SSSR count). The van der Waals surface area contributed by atoms with Crippen LogP contribution in [0, 0.1) is 0 Å². The van der Waals surface area contributed by atoms with Gasteiger partial charge in [0.2, 0.25) is 0 Å². The molecule has 7 heteroatoms. The van der Waals surface area contributed by atoms with E-state index in [0.29, 0.717) is 18.1 Å². The molecular formula is C19H22N4O2S. The summed E-state index contributed by atoms with van der Waals surface area (Å²) in [6.45, 7) is 6.22. The molecule has 0 aliphatic carbocycles. The molecule has 1 saturated heterocycles. The molecule has 3 heterocycles. The van der Waals surface area contributed by atoms with E-state index >= 15 is 0 Å². The highest BCUT2D eigenvalue weighted by molar-refractivity contribution is 7.85. The Hall–Kier alpha value is -2.28. The van der Waals surface area contributed by atoms with Crippen LogP contribution in [0.5, 0.6) is 5.75 Å². The lowest BCUT2D eigenvalue weighted by atomic mass is 10.0. The van der Waals surface area contributed by atoms with Crippen molar-refractivity contribution in [1.29, 1.82) is 0 Å². The van der Waals surface area contributed by atoms with Gasteiger partial charge in [0.1, 0.15) is 17.9 Å². The van der Waals surface area contributed by atoms with Crippen LogP contribution in [-0.4, -0.2) is 50.6 Å². The van der Waals surface area contributed by atoms with Crippen molar-refractivity contribution in [3.63, 3.8) is 0 Å². The van der Waals surface area contributed by atoms with Crippen molar-refractivity contribution in [2.24, 2.45) is 4.99 Å². The van der Waals surface area contributed by atoms with Gasteiger partial charge < -0.3 is 9.64 Å². The van der Waals surface area contributed by atoms with Crippen molar-refractivity contribution in [3.8, 4) is 5.75 Å². The zero-order valence-electron chi connectivity index (χ0n) is 15.0. The highest BCUT2D eigenvalue weighted by Crippen LogP contribution is 2.28. The Balaban J connectivity index is 1.62. The molecule has 0 saturated carbocycles. The van der Waals surface area contributed by atoms with Gasteiger partial charge in [-0.05, 0) is 31.5 Å². The van der Waals surface area contributed by atoms with Gasteiger partial charge in [-0.3, -0.25) is 9.20 Å². The molecule has 0 N–H and O–H groups in total. The summed E-state index contributed by atoms with van der Waals surface area (Å²) in [5.74, 6) is 3.11. The standard InChI is InChI=1S/C19H22N4O2S/c1-13(2)25-15-4-3-14-11-20-19(16(14)9-15)17-10-18(22-12-21-17)23-5-7-26(24)8-6-23/h3-4,9-10,12-13H,5-8,11H2,1-2H3. The lowest BCUT2D eigenvalue weighted by Crippen LogP contribution is -2.38. The molecule has 1 fully saturated rings. The van der Waals surface area contributed by atoms with Crippen LogP contribution in [0.1, 0.15) is 30.7 Å². The summed E-state index contributed by atoms with van der Waals surface area (Å²) >= 11 is 0. The Morgan fingerprint density at radius 1 is 1.15 bits per heavy atom. The summed E-state index contributed by atoms with van der Waals surface area (Å²) in [6, 6.07) is 8.10. The third-order valence-electron chi connectivity index (χ3n) is 4.51. The summed E-state index contributed by atoms with van der Waals surface area (Å²) in [4.78, 5) is 15.7. The lowest BCUT2D eigenvalue weighted by Gasteiger charge is -2.27. The molecule has 0 bridgehead atoms. The van der Waals surface area contributed by atoms with Crippen LogP contribution < -0.4 is 9.64 Å². The summed E-state index contributed by atoms with van der Waals surface area (Å²) in [6.07, 6.45) is 1.72. The number of ether oxygens (including phenoxy) is 1. The van der Waals surface area contributed by atoms with Gasteiger partial charge in [-0.15, -0.1) is 0 Å². The molecule has 0 unspecified atom stereocenters. The summed E-state index contributed by atoms with van der Waals surface area (Å²) < 4.78 is 17.4. The molecule has 26 heavy (non-hydrogen) atoms. The molecule has 2 aliphatic rings. The number of anilines is 1. The Bertz CT molecular complexity index is 872. The maximum absolute atomic E-state index is 11.6. The van der Waals surface area contributed by atoms with Gasteiger partial charge in [0.05, 0.1) is 24.1 Å². The zero-order valence-corrected chi connectivity index (χ0v) is 15.8. The van der Waals surface area contributed by atoms with E-state index in [9.17, 15) is 4.21 Å². The van der Waals surface area contributed by atoms with Gasteiger partial charge in [0, 0.05) is 47.0 Å². The van der Waals surface area contributed by atoms with Crippen molar-refractivity contribution in [1.82, 2.24) is 9.97 Å². The predicted molar refractivity (Wildman–Crippen MR) is 104 cm³/mol. The minimum Gasteiger partial charge on any atom is -0.491 e. The van der Waals surface area contributed by atoms with Crippen LogP contribution >= 0.6 is 0 Å². The Labute approximate surface area is 155 Å². The minimum absolute atomic E-state index is 0.130. The van der Waals surface area contributed by atoms with Crippen molar-refractivity contribution in [3.05, 3.63) is 47.4 Å². The van der Waals surface area contributed by atoms with Gasteiger partial charge in [0.15, 0.2) is 0 Å². The minimum atomic E-state index is -0.702. The average molecular weight is 370 g/mol. The van der Waals surface area contributed by atoms with Crippen LogP contribution in [0.25, 0.3) is 0 Å². The van der Waals surface area contributed by atoms with E-state index in [2.05, 4.69) is 20.9 Å². The van der Waals surface area contributed by atoms with Crippen molar-refractivity contribution >= 4 is 22.3 Å². The summed E-state index contributed by atoms with van der Waals surface area (Å²) in [5, 5.41) is 0. The quantitative estimate of drug-likeness (QED) is 0.825. The average Bonchev–Trinajstić information content (AvgIpc) is 3.05. The number of hydrogen-bond acceptors (Lipinski definition) is 6. The number of fused-ring (bicyclic) bond motifs is 1. The monoisotopic (exact) mass is 370 g/mol. The van der Waals surface area contributed by atoms with Crippen LogP contribution in [-0.2, 0) is 17.3 Å². The predicted octanol–water partition coefficient (Wildman–Crippen LogP) is 2.18. The van der Waals surface area contributed by atoms with E-state index < -0.39 is 10.8 Å². The number of nitrogens with zero attached hydrogens (tertiary/aromatic N) is 4. The van der Waals surface area contributed by atoms with Gasteiger partial charge in [-0.25, -0.2) is 9.97 Å². The molecule has 0 atom stereocenters. The second-order valence-electron chi connectivity index (χ2n) is 6.75. The summed E-state index contributed by atoms with van der Waals surface area (Å²) in [7, 11) is -0.702. The maximum Gasteiger partial charge on any atom is 0.132 e. The van der Waals surface area contributed by atoms with Crippen LogP contribution in [0.4, 0.5) is 5.82 Å². The molecule has 0 spiro atoms. The van der Waals surface area contributed by atoms with E-state index in [1.807, 2.05) is 32.0 Å². The summed E-state index contributed by atoms with van der Waals surface area (Å²) in [5.41, 5.74) is 3.97. The molecule has 0 radical (unpaired) electrons. The third-order valence-corrected chi connectivity index (χ3v) is 5.79. The number of hydrogen-bond donors (Lipinski definition) is 0. The van der Waals surface area contributed by atoms with E-state index in [1.165, 1.54) is 5.56 Å². The first-order valence-corrected chi connectivity index (χ1v) is 10.4. The normalized spacial score (nSPS) is 17.3. The fourth-order valence-electron chi connectivity index (χ4n) is 3.24. The van der Waals surface area contributed by atoms with Crippen molar-refractivity contribution in [2.75, 3.05) is 29.5 Å². The van der Waals surface area contributed by atoms with Gasteiger partial charge in [-0.1, -0.05) is 6.07 Å². The fourth-order valence-corrected chi connectivity index (χ4v) is 4.30. The largest absolute Gasteiger partial charge is 0.491 e. The van der Waals surface area contributed by atoms with E-state index in [4.69, 9.17) is 9.73 Å². The van der Waals surface area contributed by atoms with Gasteiger partial charge >= 0.3 is 0 Å². The van der Waals surface area contributed by atoms with E-state index in [-0.39, 0.29) is 6.10 Å². The Morgan fingerprint density at radius 3 is 2.73 bits per heavy atom. The third kappa shape index (κ3) is 3.49. The highest BCUT2D eigenvalue weighted by atomic mass is 32.2. The van der Waals surface area contributed by atoms with Crippen LogP contribution in [0.3, 0.4) is 0 Å². The van der Waals surface area contributed by atoms with Crippen LogP contribution in [0.15, 0.2) is 35.6 Å². The topological polar surface area (TPSA) is 67.7 Å². The molecule has 0 amide bonds. The molecule has 6 nitrogen and oxygen atoms in total. The molecule has 136 valence electrons. The Morgan fingerprint density at radius 2 is 1.96 bits per heavy atom. The van der Waals surface area contributed by atoms with Gasteiger partial charge in [-0.2, -0.15) is 0 Å². The smallest absolute Gasteiger partial charge is 0.132 e. The first-order valence-electron chi connectivity index (χ1n) is 8.87. The van der Waals surface area contributed by atoms with Gasteiger partial charge in [0.25, 0.3) is 0 Å². The number of rotatable bonds is 4. The van der Waals surface area contributed by atoms with Crippen molar-refractivity contribution in [2.45, 2.75) is 26.5 Å². The molecular weight excluding hydrogens is 348 g/mol. The first kappa shape index (κ1) is 17.1. The maximum atomic E-state index is 11.6. The van der Waals surface area contributed by atoms with E-state index in [1.54, 1.807) is 6.33 Å². The van der Waals surface area contributed by atoms with Crippen LogP contribution in [0.2, 0.25) is 0 Å². The highest BCUT2D eigenvalue weighted by Gasteiger charge is 2.22. The first-order chi connectivity index (χ1) is 12.6. The molecule has 2 aromatic rings. The fraction of sp³-hybridized carbons (Fsp3) is 0.421. The second-order valence-corrected chi connectivity index (χ2v) is 8.44. The van der Waals surface area contributed by atoms with E-state index in [0.717, 1.165) is 41.6 Å². The second kappa shape index (κ2) is 7.15. The molecule has 1 aromatic carbocycles. The number of benzene rings is 1. The SMILES string of the molecule is CC(C)Oc1ccc2c(c1)C(c1cc(N3CCS(=O)CC3)ncn1)=NC2. The van der Waals surface area contributed by atoms with Crippen molar-refractivity contribution < 1.29 is 8.95 Å². The number of aliphatic imine (C=N–C) groups is 1. The number of aromatic nitrogens is 2.